The van der Waals surface area contributed by atoms with E-state index >= 15 is 0 Å². The van der Waals surface area contributed by atoms with E-state index in [1.54, 1.807) is 6.92 Å². The van der Waals surface area contributed by atoms with Crippen LogP contribution in [0.4, 0.5) is 0 Å². The topological polar surface area (TPSA) is 55.8 Å². The van der Waals surface area contributed by atoms with Crippen LogP contribution in [0.15, 0.2) is 18.2 Å². The quantitative estimate of drug-likeness (QED) is 0.778. The van der Waals surface area contributed by atoms with Gasteiger partial charge in [0.25, 0.3) is 0 Å². The lowest BCUT2D eigenvalue weighted by Gasteiger charge is -2.26. The summed E-state index contributed by atoms with van der Waals surface area (Å²) in [5.41, 5.74) is 2.29. The second-order valence-corrected chi connectivity index (χ2v) is 6.25. The number of benzene rings is 1. The second kappa shape index (κ2) is 8.92. The molecule has 0 aromatic heterocycles. The summed E-state index contributed by atoms with van der Waals surface area (Å²) >= 11 is 0. The third-order valence-electron chi connectivity index (χ3n) is 4.42. The maximum atomic E-state index is 12.1. The molecule has 1 atom stereocenters. The number of aryl methyl sites for hydroxylation is 1. The van der Waals surface area contributed by atoms with E-state index in [0.717, 1.165) is 11.3 Å². The maximum absolute atomic E-state index is 12.1. The summed E-state index contributed by atoms with van der Waals surface area (Å²) in [6.07, 6.45) is 5.63. The van der Waals surface area contributed by atoms with E-state index < -0.39 is 12.1 Å². The Kier molecular flexibility index (Phi) is 6.90. The molecule has 4 nitrogen and oxygen atoms in total. The van der Waals surface area contributed by atoms with E-state index in [1.165, 1.54) is 37.7 Å². The zero-order chi connectivity index (χ0) is 16.7. The molecule has 23 heavy (non-hydrogen) atoms. The van der Waals surface area contributed by atoms with E-state index in [4.69, 9.17) is 9.47 Å². The zero-order valence-corrected chi connectivity index (χ0v) is 14.2. The summed E-state index contributed by atoms with van der Waals surface area (Å²) in [6, 6.07) is 6.22. The molecule has 0 bridgehead atoms. The summed E-state index contributed by atoms with van der Waals surface area (Å²) in [4.78, 5) is 12.1. The lowest BCUT2D eigenvalue weighted by molar-refractivity contribution is -0.152. The Balaban J connectivity index is 2.21. The number of carbonyl (C=O) groups is 1. The fraction of sp³-hybridized carbons (Fsp3) is 0.632. The van der Waals surface area contributed by atoms with E-state index in [1.807, 2.05) is 13.0 Å². The first-order valence-electron chi connectivity index (χ1n) is 8.70. The number of carbonyl (C=O) groups excluding carboxylic acids is 1. The van der Waals surface area contributed by atoms with Crippen LogP contribution in [-0.4, -0.2) is 30.4 Å². The van der Waals surface area contributed by atoms with Crippen molar-refractivity contribution in [3.05, 3.63) is 29.3 Å². The van der Waals surface area contributed by atoms with Crippen molar-refractivity contribution < 1.29 is 19.4 Å². The molecule has 0 heterocycles. The smallest absolute Gasteiger partial charge is 0.347 e. The molecule has 0 saturated heterocycles. The molecule has 1 aliphatic carbocycles. The van der Waals surface area contributed by atoms with Crippen molar-refractivity contribution >= 4 is 5.97 Å². The van der Waals surface area contributed by atoms with Gasteiger partial charge in [-0.25, -0.2) is 4.79 Å². The van der Waals surface area contributed by atoms with Gasteiger partial charge in [0.15, 0.2) is 6.10 Å². The van der Waals surface area contributed by atoms with Crippen LogP contribution < -0.4 is 4.74 Å². The van der Waals surface area contributed by atoms with Crippen LogP contribution in [0.2, 0.25) is 0 Å². The standard InChI is InChI=1S/C19H28O4/c1-3-22-19(21)17(11-12-20)23-18-13-14(2)9-10-16(18)15-7-5-4-6-8-15/h9-10,13,15,17,20H,3-8,11-12H2,1-2H3. The predicted molar refractivity (Wildman–Crippen MR) is 89.8 cm³/mol. The molecule has 1 aliphatic rings. The van der Waals surface area contributed by atoms with Crippen LogP contribution in [0.25, 0.3) is 0 Å². The minimum atomic E-state index is -0.746. The van der Waals surface area contributed by atoms with Gasteiger partial charge < -0.3 is 14.6 Å². The Labute approximate surface area is 138 Å². The lowest BCUT2D eigenvalue weighted by atomic mass is 9.83. The van der Waals surface area contributed by atoms with Gasteiger partial charge in [-0.1, -0.05) is 31.4 Å². The fourth-order valence-electron chi connectivity index (χ4n) is 3.23. The molecule has 1 unspecified atom stereocenters. The van der Waals surface area contributed by atoms with Crippen LogP contribution in [0, 0.1) is 6.92 Å². The molecular formula is C19H28O4. The van der Waals surface area contributed by atoms with Crippen molar-refractivity contribution in [3.63, 3.8) is 0 Å². The molecule has 1 N–H and O–H groups in total. The first-order chi connectivity index (χ1) is 11.2. The van der Waals surface area contributed by atoms with Gasteiger partial charge in [-0.05, 0) is 49.8 Å². The van der Waals surface area contributed by atoms with Gasteiger partial charge in [-0.15, -0.1) is 0 Å². The van der Waals surface area contributed by atoms with Crippen molar-refractivity contribution in [2.45, 2.75) is 64.4 Å². The second-order valence-electron chi connectivity index (χ2n) is 6.25. The number of hydrogen-bond acceptors (Lipinski definition) is 4. The van der Waals surface area contributed by atoms with Gasteiger partial charge in [-0.3, -0.25) is 0 Å². The van der Waals surface area contributed by atoms with Crippen molar-refractivity contribution in [1.82, 2.24) is 0 Å². The number of rotatable bonds is 7. The number of aliphatic hydroxyl groups is 1. The molecule has 0 amide bonds. The third-order valence-corrected chi connectivity index (χ3v) is 4.42. The van der Waals surface area contributed by atoms with Crippen molar-refractivity contribution in [1.29, 1.82) is 0 Å². The maximum Gasteiger partial charge on any atom is 0.347 e. The van der Waals surface area contributed by atoms with Gasteiger partial charge in [0.05, 0.1) is 6.61 Å². The first-order valence-corrected chi connectivity index (χ1v) is 8.70. The molecule has 128 valence electrons. The van der Waals surface area contributed by atoms with Gasteiger partial charge in [0.1, 0.15) is 5.75 Å². The summed E-state index contributed by atoms with van der Waals surface area (Å²) in [5.74, 6) is 0.859. The Morgan fingerprint density at radius 1 is 1.30 bits per heavy atom. The van der Waals surface area contributed by atoms with Crippen LogP contribution in [-0.2, 0) is 9.53 Å². The van der Waals surface area contributed by atoms with Gasteiger partial charge in [-0.2, -0.15) is 0 Å². The van der Waals surface area contributed by atoms with Gasteiger partial charge in [0.2, 0.25) is 0 Å². The highest BCUT2D eigenvalue weighted by Gasteiger charge is 2.25. The highest BCUT2D eigenvalue weighted by Crippen LogP contribution is 2.38. The van der Waals surface area contributed by atoms with Crippen LogP contribution in [0.3, 0.4) is 0 Å². The molecule has 0 spiro atoms. The Bertz CT molecular complexity index is 506. The van der Waals surface area contributed by atoms with Crippen molar-refractivity contribution in [2.75, 3.05) is 13.2 Å². The Morgan fingerprint density at radius 3 is 2.70 bits per heavy atom. The molecular weight excluding hydrogens is 292 g/mol. The Hall–Kier alpha value is -1.55. The molecule has 1 saturated carbocycles. The lowest BCUT2D eigenvalue weighted by Crippen LogP contribution is -2.31. The van der Waals surface area contributed by atoms with E-state index in [2.05, 4.69) is 12.1 Å². The van der Waals surface area contributed by atoms with E-state index in [0.29, 0.717) is 12.5 Å². The zero-order valence-electron chi connectivity index (χ0n) is 14.2. The summed E-state index contributed by atoms with van der Waals surface area (Å²) in [6.45, 7) is 4.00. The highest BCUT2D eigenvalue weighted by atomic mass is 16.6. The summed E-state index contributed by atoms with van der Waals surface area (Å²) in [7, 11) is 0. The summed E-state index contributed by atoms with van der Waals surface area (Å²) < 4.78 is 11.1. The molecule has 0 radical (unpaired) electrons. The van der Waals surface area contributed by atoms with Crippen LogP contribution in [0.1, 0.15) is 62.5 Å². The summed E-state index contributed by atoms with van der Waals surface area (Å²) in [5, 5.41) is 9.22. The van der Waals surface area contributed by atoms with E-state index in [9.17, 15) is 9.90 Å². The molecule has 1 fully saturated rings. The van der Waals surface area contributed by atoms with Crippen molar-refractivity contribution in [3.8, 4) is 5.75 Å². The largest absolute Gasteiger partial charge is 0.478 e. The van der Waals surface area contributed by atoms with Crippen molar-refractivity contribution in [2.24, 2.45) is 0 Å². The first kappa shape index (κ1) is 17.8. The Morgan fingerprint density at radius 2 is 2.04 bits per heavy atom. The van der Waals surface area contributed by atoms with Crippen LogP contribution in [0.5, 0.6) is 5.75 Å². The van der Waals surface area contributed by atoms with Crippen LogP contribution >= 0.6 is 0 Å². The molecule has 2 rings (SSSR count). The van der Waals surface area contributed by atoms with Gasteiger partial charge in [0, 0.05) is 13.0 Å². The number of aliphatic hydroxyl groups excluding tert-OH is 1. The number of hydrogen-bond donors (Lipinski definition) is 1. The SMILES string of the molecule is CCOC(=O)C(CCO)Oc1cc(C)ccc1C1CCCCC1. The number of ether oxygens (including phenoxy) is 2. The molecule has 1 aromatic rings. The average Bonchev–Trinajstić information content (AvgIpc) is 2.55. The normalized spacial score (nSPS) is 16.8. The highest BCUT2D eigenvalue weighted by molar-refractivity contribution is 5.75. The molecule has 1 aromatic carbocycles. The minimum Gasteiger partial charge on any atom is -0.478 e. The van der Waals surface area contributed by atoms with E-state index in [-0.39, 0.29) is 13.0 Å². The molecule has 0 aliphatic heterocycles. The monoisotopic (exact) mass is 320 g/mol. The minimum absolute atomic E-state index is 0.103. The average molecular weight is 320 g/mol. The molecule has 4 heteroatoms. The predicted octanol–water partition coefficient (Wildman–Crippen LogP) is 3.74. The van der Waals surface area contributed by atoms with Gasteiger partial charge >= 0.3 is 5.97 Å². The fourth-order valence-corrected chi connectivity index (χ4v) is 3.23. The third kappa shape index (κ3) is 4.96. The number of esters is 1.